The zero-order valence-corrected chi connectivity index (χ0v) is 11.6. The van der Waals surface area contributed by atoms with E-state index in [1.54, 1.807) is 5.56 Å². The van der Waals surface area contributed by atoms with Crippen molar-refractivity contribution in [3.05, 3.63) is 35.9 Å². The molecule has 2 aliphatic rings. The highest BCUT2D eigenvalue weighted by Crippen LogP contribution is 2.40. The van der Waals surface area contributed by atoms with Crippen LogP contribution in [0.5, 0.6) is 0 Å². The third kappa shape index (κ3) is 2.21. The molecule has 1 heterocycles. The van der Waals surface area contributed by atoms with Crippen molar-refractivity contribution >= 4 is 0 Å². The molecule has 2 atom stereocenters. The molecule has 1 heteroatoms. The predicted octanol–water partition coefficient (Wildman–Crippen LogP) is 3.95. The number of rotatable bonds is 2. The molecule has 18 heavy (non-hydrogen) atoms. The Balaban J connectivity index is 1.86. The Kier molecular flexibility index (Phi) is 3.43. The van der Waals surface area contributed by atoms with Gasteiger partial charge in [0.15, 0.2) is 0 Å². The van der Waals surface area contributed by atoms with Crippen molar-refractivity contribution in [2.75, 3.05) is 20.1 Å². The molecular weight excluding hydrogens is 218 g/mol. The summed E-state index contributed by atoms with van der Waals surface area (Å²) >= 11 is 0. The molecule has 98 valence electrons. The average Bonchev–Trinajstić information content (AvgIpc) is 2.88. The quantitative estimate of drug-likeness (QED) is 0.691. The molecule has 1 saturated heterocycles. The van der Waals surface area contributed by atoms with Crippen molar-refractivity contribution in [1.29, 1.82) is 0 Å². The van der Waals surface area contributed by atoms with Gasteiger partial charge in [0.05, 0.1) is 26.2 Å². The fourth-order valence-corrected chi connectivity index (χ4v) is 4.34. The smallest absolute Gasteiger partial charge is 0.0957 e. The maximum absolute atomic E-state index is 2.51. The lowest BCUT2D eigenvalue weighted by molar-refractivity contribution is -0.925. The van der Waals surface area contributed by atoms with Crippen LogP contribution in [-0.2, 0) is 0 Å². The van der Waals surface area contributed by atoms with E-state index in [4.69, 9.17) is 0 Å². The minimum atomic E-state index is 0.808. The summed E-state index contributed by atoms with van der Waals surface area (Å²) in [5.74, 6) is 0.808. The Morgan fingerprint density at radius 2 is 1.56 bits per heavy atom. The minimum absolute atomic E-state index is 0.808. The molecule has 0 bridgehead atoms. The molecule has 1 aliphatic carbocycles. The van der Waals surface area contributed by atoms with Gasteiger partial charge in [0, 0.05) is 25.2 Å². The number of nitrogens with zero attached hydrogens (tertiary/aromatic N) is 1. The lowest BCUT2D eigenvalue weighted by Gasteiger charge is -2.44. The average molecular weight is 244 g/mol. The van der Waals surface area contributed by atoms with Gasteiger partial charge in [0.25, 0.3) is 0 Å². The molecule has 0 aromatic heterocycles. The van der Waals surface area contributed by atoms with Gasteiger partial charge in [0.2, 0.25) is 0 Å². The third-order valence-electron chi connectivity index (χ3n) is 5.35. The van der Waals surface area contributed by atoms with E-state index in [0.717, 1.165) is 12.0 Å². The van der Waals surface area contributed by atoms with Gasteiger partial charge in [-0.3, -0.25) is 0 Å². The number of hydrogen-bond donors (Lipinski definition) is 0. The molecule has 0 radical (unpaired) electrons. The van der Waals surface area contributed by atoms with E-state index in [0.29, 0.717) is 0 Å². The fourth-order valence-electron chi connectivity index (χ4n) is 4.34. The molecule has 0 N–H and O–H groups in total. The molecular formula is C17H26N+. The van der Waals surface area contributed by atoms with Crippen molar-refractivity contribution in [3.63, 3.8) is 0 Å². The van der Waals surface area contributed by atoms with Crippen LogP contribution in [0.4, 0.5) is 0 Å². The lowest BCUT2D eigenvalue weighted by atomic mass is 9.78. The number of quaternary nitrogens is 1. The fraction of sp³-hybridized carbons (Fsp3) is 0.647. The molecule has 0 unspecified atom stereocenters. The molecule has 1 nitrogen and oxygen atoms in total. The standard InChI is InChI=1S/C17H26N/c1-18(13-7-8-14-18)17-12-6-5-11-16(17)15-9-3-2-4-10-15/h2-4,9-10,16-17H,5-8,11-14H2,1H3/q+1/t16-,17-/m1/s1. The normalized spacial score (nSPS) is 31.4. The van der Waals surface area contributed by atoms with Crippen LogP contribution < -0.4 is 0 Å². The highest BCUT2D eigenvalue weighted by atomic mass is 15.4. The van der Waals surface area contributed by atoms with E-state index in [2.05, 4.69) is 37.4 Å². The molecule has 1 saturated carbocycles. The number of benzene rings is 1. The van der Waals surface area contributed by atoms with Crippen molar-refractivity contribution in [1.82, 2.24) is 0 Å². The van der Waals surface area contributed by atoms with E-state index in [1.807, 2.05) is 0 Å². The Labute approximate surface area is 111 Å². The molecule has 3 rings (SSSR count). The second kappa shape index (κ2) is 5.05. The first-order valence-corrected chi connectivity index (χ1v) is 7.69. The maximum Gasteiger partial charge on any atom is 0.0957 e. The van der Waals surface area contributed by atoms with Crippen molar-refractivity contribution < 1.29 is 4.48 Å². The highest BCUT2D eigenvalue weighted by Gasteiger charge is 2.42. The Bertz CT molecular complexity index is 378. The van der Waals surface area contributed by atoms with Crippen LogP contribution in [0, 0.1) is 0 Å². The first-order valence-electron chi connectivity index (χ1n) is 7.69. The first-order chi connectivity index (χ1) is 8.80. The van der Waals surface area contributed by atoms with Crippen LogP contribution >= 0.6 is 0 Å². The zero-order valence-electron chi connectivity index (χ0n) is 11.6. The summed E-state index contributed by atoms with van der Waals surface area (Å²) in [4.78, 5) is 0. The van der Waals surface area contributed by atoms with Gasteiger partial charge < -0.3 is 4.48 Å². The monoisotopic (exact) mass is 244 g/mol. The predicted molar refractivity (Wildman–Crippen MR) is 76.6 cm³/mol. The highest BCUT2D eigenvalue weighted by molar-refractivity contribution is 5.21. The molecule has 1 aromatic rings. The number of likely N-dealkylation sites (tertiary alicyclic amines) is 1. The molecule has 1 aliphatic heterocycles. The van der Waals surface area contributed by atoms with Crippen molar-refractivity contribution in [2.24, 2.45) is 0 Å². The van der Waals surface area contributed by atoms with E-state index in [9.17, 15) is 0 Å². The van der Waals surface area contributed by atoms with Crippen LogP contribution in [-0.4, -0.2) is 30.7 Å². The lowest BCUT2D eigenvalue weighted by Crippen LogP contribution is -2.53. The van der Waals surface area contributed by atoms with Crippen molar-refractivity contribution in [2.45, 2.75) is 50.5 Å². The van der Waals surface area contributed by atoms with Crippen LogP contribution in [0.2, 0.25) is 0 Å². The maximum atomic E-state index is 2.51. The summed E-state index contributed by atoms with van der Waals surface area (Å²) in [5, 5.41) is 0. The summed E-state index contributed by atoms with van der Waals surface area (Å²) in [6, 6.07) is 12.2. The van der Waals surface area contributed by atoms with Gasteiger partial charge in [-0.1, -0.05) is 36.8 Å². The minimum Gasteiger partial charge on any atom is -0.323 e. The summed E-state index contributed by atoms with van der Waals surface area (Å²) in [6.45, 7) is 2.82. The van der Waals surface area contributed by atoms with E-state index in [1.165, 1.54) is 56.1 Å². The Morgan fingerprint density at radius 3 is 2.28 bits per heavy atom. The molecule has 0 spiro atoms. The number of hydrogen-bond acceptors (Lipinski definition) is 0. The first kappa shape index (κ1) is 12.2. The Morgan fingerprint density at radius 1 is 0.889 bits per heavy atom. The second-order valence-electron chi connectivity index (χ2n) is 6.50. The van der Waals surface area contributed by atoms with Crippen LogP contribution in [0.1, 0.15) is 50.0 Å². The van der Waals surface area contributed by atoms with Gasteiger partial charge in [-0.15, -0.1) is 0 Å². The summed E-state index contributed by atoms with van der Waals surface area (Å²) in [5.41, 5.74) is 1.59. The molecule has 1 aromatic carbocycles. The molecule has 2 fully saturated rings. The van der Waals surface area contributed by atoms with E-state index < -0.39 is 0 Å². The van der Waals surface area contributed by atoms with Crippen LogP contribution in [0.25, 0.3) is 0 Å². The number of likely N-dealkylation sites (N-methyl/N-ethyl adjacent to an activating group) is 1. The summed E-state index contributed by atoms with van der Waals surface area (Å²) in [6.07, 6.45) is 8.60. The van der Waals surface area contributed by atoms with E-state index in [-0.39, 0.29) is 0 Å². The van der Waals surface area contributed by atoms with Gasteiger partial charge in [0.1, 0.15) is 0 Å². The topological polar surface area (TPSA) is 0 Å². The summed E-state index contributed by atoms with van der Waals surface area (Å²) in [7, 11) is 2.51. The van der Waals surface area contributed by atoms with Gasteiger partial charge >= 0.3 is 0 Å². The largest absolute Gasteiger partial charge is 0.323 e. The van der Waals surface area contributed by atoms with E-state index >= 15 is 0 Å². The third-order valence-corrected chi connectivity index (χ3v) is 5.35. The van der Waals surface area contributed by atoms with Crippen molar-refractivity contribution in [3.8, 4) is 0 Å². The SMILES string of the molecule is C[N+]1([C@@H]2CCCC[C@@H]2c2ccccc2)CCCC1. The van der Waals surface area contributed by atoms with Gasteiger partial charge in [-0.2, -0.15) is 0 Å². The van der Waals surface area contributed by atoms with Crippen LogP contribution in [0.15, 0.2) is 30.3 Å². The second-order valence-corrected chi connectivity index (χ2v) is 6.50. The van der Waals surface area contributed by atoms with Gasteiger partial charge in [-0.05, 0) is 18.4 Å². The summed E-state index contributed by atoms with van der Waals surface area (Å²) < 4.78 is 1.35. The Hall–Kier alpha value is -0.820. The molecule has 0 amide bonds. The zero-order chi connectivity index (χ0) is 12.4. The van der Waals surface area contributed by atoms with Crippen LogP contribution in [0.3, 0.4) is 0 Å². The van der Waals surface area contributed by atoms with Gasteiger partial charge in [-0.25, -0.2) is 0 Å².